The van der Waals surface area contributed by atoms with E-state index in [0.717, 1.165) is 12.2 Å². The molecule has 0 unspecified atom stereocenters. The lowest BCUT2D eigenvalue weighted by molar-refractivity contribution is 0.325. The van der Waals surface area contributed by atoms with Crippen LogP contribution in [0.3, 0.4) is 0 Å². The molecular weight excluding hydrogens is 208 g/mol. The van der Waals surface area contributed by atoms with Crippen LogP contribution in [0.15, 0.2) is 67.3 Å². The summed E-state index contributed by atoms with van der Waals surface area (Å²) in [7, 11) is 0. The molecule has 0 aliphatic rings. The van der Waals surface area contributed by atoms with Gasteiger partial charge in [0.25, 0.3) is 0 Å². The minimum atomic E-state index is 0.689. The minimum absolute atomic E-state index is 0.689. The van der Waals surface area contributed by atoms with Gasteiger partial charge in [-0.1, -0.05) is 48.5 Å². The molecule has 0 bridgehead atoms. The van der Waals surface area contributed by atoms with E-state index in [1.54, 1.807) is 0 Å². The van der Waals surface area contributed by atoms with Gasteiger partial charge in [-0.05, 0) is 29.7 Å². The van der Waals surface area contributed by atoms with Crippen molar-refractivity contribution in [2.75, 3.05) is 6.61 Å². The average Bonchev–Trinajstić information content (AvgIpc) is 2.41. The van der Waals surface area contributed by atoms with E-state index < -0.39 is 0 Å². The highest BCUT2D eigenvalue weighted by atomic mass is 16.5. The van der Waals surface area contributed by atoms with Crippen LogP contribution in [0.4, 0.5) is 0 Å². The molecule has 2 aromatic rings. The summed E-state index contributed by atoms with van der Waals surface area (Å²) in [5, 5.41) is 0. The van der Waals surface area contributed by atoms with Crippen LogP contribution in [0, 0.1) is 0 Å². The zero-order valence-corrected chi connectivity index (χ0v) is 9.80. The molecular formula is C16H16O. The molecule has 0 atom stereocenters. The zero-order valence-electron chi connectivity index (χ0n) is 9.80. The summed E-state index contributed by atoms with van der Waals surface area (Å²) < 4.78 is 5.57. The Hall–Kier alpha value is -2.02. The molecule has 0 N–H and O–H groups in total. The molecule has 0 aliphatic heterocycles. The minimum Gasteiger partial charge on any atom is -0.493 e. The molecule has 0 heterocycles. The molecule has 0 aliphatic carbocycles. The molecule has 2 rings (SSSR count). The van der Waals surface area contributed by atoms with Gasteiger partial charge in [0.2, 0.25) is 0 Å². The summed E-state index contributed by atoms with van der Waals surface area (Å²) >= 11 is 0. The molecule has 0 saturated carbocycles. The van der Waals surface area contributed by atoms with Crippen LogP contribution in [-0.2, 0) is 0 Å². The Morgan fingerprint density at radius 2 is 1.53 bits per heavy atom. The number of hydrogen-bond donors (Lipinski definition) is 0. The highest BCUT2D eigenvalue weighted by Gasteiger charge is 1.97. The maximum atomic E-state index is 5.57. The van der Waals surface area contributed by atoms with Gasteiger partial charge in [0.15, 0.2) is 0 Å². The van der Waals surface area contributed by atoms with E-state index in [1.807, 2.05) is 36.4 Å². The Morgan fingerprint density at radius 3 is 2.18 bits per heavy atom. The fourth-order valence-electron chi connectivity index (χ4n) is 1.63. The summed E-state index contributed by atoms with van der Waals surface area (Å²) in [5.74, 6) is 0.909. The summed E-state index contributed by atoms with van der Waals surface area (Å²) in [6.45, 7) is 4.35. The molecule has 0 aromatic heterocycles. The van der Waals surface area contributed by atoms with Gasteiger partial charge < -0.3 is 4.74 Å². The van der Waals surface area contributed by atoms with Gasteiger partial charge >= 0.3 is 0 Å². The van der Waals surface area contributed by atoms with Gasteiger partial charge in [0.05, 0.1) is 6.61 Å². The van der Waals surface area contributed by atoms with Crippen molar-refractivity contribution in [3.8, 4) is 16.9 Å². The second-order valence-electron chi connectivity index (χ2n) is 3.82. The lowest BCUT2D eigenvalue weighted by Gasteiger charge is -2.06. The third kappa shape index (κ3) is 3.22. The highest BCUT2D eigenvalue weighted by Crippen LogP contribution is 2.21. The van der Waals surface area contributed by atoms with E-state index in [1.165, 1.54) is 11.1 Å². The monoisotopic (exact) mass is 224 g/mol. The van der Waals surface area contributed by atoms with Crippen molar-refractivity contribution in [2.24, 2.45) is 0 Å². The predicted molar refractivity (Wildman–Crippen MR) is 72.2 cm³/mol. The van der Waals surface area contributed by atoms with Gasteiger partial charge in [-0.15, -0.1) is 6.58 Å². The Bertz CT molecular complexity index is 457. The van der Waals surface area contributed by atoms with E-state index >= 15 is 0 Å². The van der Waals surface area contributed by atoms with Crippen LogP contribution in [0.5, 0.6) is 5.75 Å². The smallest absolute Gasteiger partial charge is 0.119 e. The fraction of sp³-hybridized carbons (Fsp3) is 0.125. The highest BCUT2D eigenvalue weighted by molar-refractivity contribution is 5.63. The van der Waals surface area contributed by atoms with Crippen molar-refractivity contribution in [1.29, 1.82) is 0 Å². The molecule has 1 heteroatoms. The van der Waals surface area contributed by atoms with Crippen molar-refractivity contribution in [3.05, 3.63) is 67.3 Å². The van der Waals surface area contributed by atoms with E-state index in [4.69, 9.17) is 4.74 Å². The normalized spacial score (nSPS) is 9.88. The van der Waals surface area contributed by atoms with Crippen molar-refractivity contribution in [2.45, 2.75) is 6.42 Å². The standard InChI is InChI=1S/C16H16O/c1-2-3-13-17-16-11-9-15(10-12-16)14-7-5-4-6-8-14/h2,4-12H,1,3,13H2. The number of rotatable bonds is 5. The van der Waals surface area contributed by atoms with Crippen LogP contribution in [-0.4, -0.2) is 6.61 Å². The van der Waals surface area contributed by atoms with Gasteiger partial charge in [-0.25, -0.2) is 0 Å². The van der Waals surface area contributed by atoms with E-state index in [-0.39, 0.29) is 0 Å². The quantitative estimate of drug-likeness (QED) is 0.543. The first-order valence-corrected chi connectivity index (χ1v) is 5.79. The van der Waals surface area contributed by atoms with Gasteiger partial charge in [-0.2, -0.15) is 0 Å². The first-order valence-electron chi connectivity index (χ1n) is 5.79. The number of ether oxygens (including phenoxy) is 1. The Labute approximate surface area is 102 Å². The Kier molecular flexibility index (Phi) is 3.98. The summed E-state index contributed by atoms with van der Waals surface area (Å²) in [5.41, 5.74) is 2.44. The molecule has 1 nitrogen and oxygen atoms in total. The van der Waals surface area contributed by atoms with Crippen molar-refractivity contribution in [3.63, 3.8) is 0 Å². The van der Waals surface area contributed by atoms with Gasteiger partial charge in [0, 0.05) is 0 Å². The van der Waals surface area contributed by atoms with Gasteiger partial charge in [0.1, 0.15) is 5.75 Å². The molecule has 2 aromatic carbocycles. The summed E-state index contributed by atoms with van der Waals surface area (Å²) in [6, 6.07) is 18.5. The molecule has 0 spiro atoms. The van der Waals surface area contributed by atoms with Crippen LogP contribution in [0.25, 0.3) is 11.1 Å². The molecule has 17 heavy (non-hydrogen) atoms. The van der Waals surface area contributed by atoms with Crippen LogP contribution in [0.2, 0.25) is 0 Å². The van der Waals surface area contributed by atoms with Crippen LogP contribution < -0.4 is 4.74 Å². The lowest BCUT2D eigenvalue weighted by Crippen LogP contribution is -1.94. The first kappa shape index (κ1) is 11.5. The predicted octanol–water partition coefficient (Wildman–Crippen LogP) is 4.31. The molecule has 0 fully saturated rings. The van der Waals surface area contributed by atoms with E-state index in [0.29, 0.717) is 6.61 Å². The largest absolute Gasteiger partial charge is 0.493 e. The Balaban J connectivity index is 2.05. The number of hydrogen-bond acceptors (Lipinski definition) is 1. The number of benzene rings is 2. The summed E-state index contributed by atoms with van der Waals surface area (Å²) in [6.07, 6.45) is 2.73. The van der Waals surface area contributed by atoms with Crippen LogP contribution >= 0.6 is 0 Å². The third-order valence-electron chi connectivity index (χ3n) is 2.55. The lowest BCUT2D eigenvalue weighted by atomic mass is 10.1. The van der Waals surface area contributed by atoms with Gasteiger partial charge in [-0.3, -0.25) is 0 Å². The second-order valence-corrected chi connectivity index (χ2v) is 3.82. The molecule has 0 amide bonds. The van der Waals surface area contributed by atoms with Crippen LogP contribution in [0.1, 0.15) is 6.42 Å². The van der Waals surface area contributed by atoms with Crippen molar-refractivity contribution >= 4 is 0 Å². The zero-order chi connectivity index (χ0) is 11.9. The first-order chi connectivity index (χ1) is 8.40. The summed E-state index contributed by atoms with van der Waals surface area (Å²) in [4.78, 5) is 0. The Morgan fingerprint density at radius 1 is 0.882 bits per heavy atom. The van der Waals surface area contributed by atoms with Crippen molar-refractivity contribution < 1.29 is 4.74 Å². The van der Waals surface area contributed by atoms with E-state index in [9.17, 15) is 0 Å². The third-order valence-corrected chi connectivity index (χ3v) is 2.55. The SMILES string of the molecule is C=CCCOc1ccc(-c2ccccc2)cc1. The topological polar surface area (TPSA) is 9.23 Å². The van der Waals surface area contributed by atoms with Crippen molar-refractivity contribution in [1.82, 2.24) is 0 Å². The maximum Gasteiger partial charge on any atom is 0.119 e. The molecule has 86 valence electrons. The maximum absolute atomic E-state index is 5.57. The second kappa shape index (κ2) is 5.90. The van der Waals surface area contributed by atoms with E-state index in [2.05, 4.69) is 30.8 Å². The fourth-order valence-corrected chi connectivity index (χ4v) is 1.63. The average molecular weight is 224 g/mol. The molecule has 0 radical (unpaired) electrons. The molecule has 0 saturated heterocycles.